The van der Waals surface area contributed by atoms with E-state index in [4.69, 9.17) is 0 Å². The van der Waals surface area contributed by atoms with Crippen molar-refractivity contribution in [3.05, 3.63) is 29.3 Å². The summed E-state index contributed by atoms with van der Waals surface area (Å²) in [6, 6.07) is 6.49. The van der Waals surface area contributed by atoms with Crippen LogP contribution in [0.5, 0.6) is 5.75 Å². The van der Waals surface area contributed by atoms with Gasteiger partial charge in [0.1, 0.15) is 5.75 Å². The summed E-state index contributed by atoms with van der Waals surface area (Å²) in [5.41, 5.74) is 3.02. The van der Waals surface area contributed by atoms with Crippen molar-refractivity contribution in [3.63, 3.8) is 0 Å². The van der Waals surface area contributed by atoms with Gasteiger partial charge >= 0.3 is 0 Å². The first kappa shape index (κ1) is 10.2. The van der Waals surface area contributed by atoms with Gasteiger partial charge in [-0.15, -0.1) is 0 Å². The van der Waals surface area contributed by atoms with E-state index >= 15 is 0 Å². The molecule has 2 aliphatic rings. The SMILES string of the molecule is CC1[C@H]2Cc3ccc(O)cc3[C@]1(C)CCN2. The summed E-state index contributed by atoms with van der Waals surface area (Å²) in [5.74, 6) is 1.06. The van der Waals surface area contributed by atoms with Crippen LogP contribution >= 0.6 is 0 Å². The highest BCUT2D eigenvalue weighted by Gasteiger charge is 2.45. The Morgan fingerprint density at radius 2 is 2.25 bits per heavy atom. The smallest absolute Gasteiger partial charge is 0.115 e. The summed E-state index contributed by atoms with van der Waals surface area (Å²) >= 11 is 0. The fourth-order valence-electron chi connectivity index (χ4n) is 3.51. The van der Waals surface area contributed by atoms with Crippen LogP contribution in [0.15, 0.2) is 18.2 Å². The molecule has 2 nitrogen and oxygen atoms in total. The molecule has 1 fully saturated rings. The van der Waals surface area contributed by atoms with Crippen LogP contribution in [-0.2, 0) is 11.8 Å². The third kappa shape index (κ3) is 1.23. The largest absolute Gasteiger partial charge is 0.508 e. The number of phenolic OH excluding ortho intramolecular Hbond substituents is 1. The standard InChI is InChI=1S/C14H19NO/c1-9-13-7-10-3-4-11(16)8-12(10)14(9,2)5-6-15-13/h3-4,8-9,13,15-16H,5-7H2,1-2H3/t9?,13-,14-/m1/s1. The van der Waals surface area contributed by atoms with E-state index in [0.717, 1.165) is 13.0 Å². The lowest BCUT2D eigenvalue weighted by Crippen LogP contribution is -2.56. The van der Waals surface area contributed by atoms with E-state index in [1.54, 1.807) is 0 Å². The number of phenols is 1. The highest BCUT2D eigenvalue weighted by Crippen LogP contribution is 2.46. The Hall–Kier alpha value is -1.02. The molecule has 0 saturated carbocycles. The monoisotopic (exact) mass is 217 g/mol. The summed E-state index contributed by atoms with van der Waals surface area (Å²) in [5, 5.41) is 13.3. The van der Waals surface area contributed by atoms with Crippen LogP contribution < -0.4 is 5.32 Å². The van der Waals surface area contributed by atoms with Gasteiger partial charge in [0.05, 0.1) is 0 Å². The maximum absolute atomic E-state index is 9.67. The Kier molecular flexibility index (Phi) is 2.05. The summed E-state index contributed by atoms with van der Waals surface area (Å²) in [6.45, 7) is 5.79. The van der Waals surface area contributed by atoms with E-state index in [2.05, 4.69) is 25.2 Å². The van der Waals surface area contributed by atoms with Crippen molar-refractivity contribution in [2.75, 3.05) is 6.54 Å². The summed E-state index contributed by atoms with van der Waals surface area (Å²) < 4.78 is 0. The molecule has 86 valence electrons. The van der Waals surface area contributed by atoms with E-state index in [1.165, 1.54) is 17.5 Å². The molecule has 2 bridgehead atoms. The predicted molar refractivity (Wildman–Crippen MR) is 64.7 cm³/mol. The summed E-state index contributed by atoms with van der Waals surface area (Å²) in [4.78, 5) is 0. The molecular weight excluding hydrogens is 198 g/mol. The summed E-state index contributed by atoms with van der Waals surface area (Å²) in [7, 11) is 0. The van der Waals surface area contributed by atoms with Crippen molar-refractivity contribution < 1.29 is 5.11 Å². The van der Waals surface area contributed by atoms with E-state index in [-0.39, 0.29) is 5.41 Å². The van der Waals surface area contributed by atoms with Crippen LogP contribution in [-0.4, -0.2) is 17.7 Å². The molecule has 0 radical (unpaired) electrons. The lowest BCUT2D eigenvalue weighted by atomic mass is 9.59. The van der Waals surface area contributed by atoms with Crippen LogP contribution in [0.4, 0.5) is 0 Å². The Morgan fingerprint density at radius 1 is 1.44 bits per heavy atom. The normalized spacial score (nSPS) is 36.9. The molecule has 0 spiro atoms. The Balaban J connectivity index is 2.18. The van der Waals surface area contributed by atoms with Gasteiger partial charge in [0.15, 0.2) is 0 Å². The molecule has 1 aliphatic carbocycles. The number of hydrogen-bond acceptors (Lipinski definition) is 2. The Labute approximate surface area is 96.7 Å². The molecule has 1 unspecified atom stereocenters. The van der Waals surface area contributed by atoms with E-state index in [1.807, 2.05) is 12.1 Å². The zero-order valence-corrected chi connectivity index (χ0v) is 9.96. The lowest BCUT2D eigenvalue weighted by molar-refractivity contribution is 0.158. The van der Waals surface area contributed by atoms with E-state index in [0.29, 0.717) is 17.7 Å². The average molecular weight is 217 g/mol. The molecule has 16 heavy (non-hydrogen) atoms. The van der Waals surface area contributed by atoms with Crippen LogP contribution in [0, 0.1) is 5.92 Å². The van der Waals surface area contributed by atoms with Gasteiger partial charge in [-0.05, 0) is 54.0 Å². The molecule has 0 aromatic heterocycles. The maximum atomic E-state index is 9.67. The molecule has 3 rings (SSSR count). The van der Waals surface area contributed by atoms with Crippen LogP contribution in [0.25, 0.3) is 0 Å². The molecule has 2 heteroatoms. The van der Waals surface area contributed by atoms with Gasteiger partial charge < -0.3 is 10.4 Å². The van der Waals surface area contributed by atoms with Crippen LogP contribution in [0.2, 0.25) is 0 Å². The minimum Gasteiger partial charge on any atom is -0.508 e. The van der Waals surface area contributed by atoms with Crippen molar-refractivity contribution in [1.29, 1.82) is 0 Å². The van der Waals surface area contributed by atoms with Gasteiger partial charge in [0.25, 0.3) is 0 Å². The van der Waals surface area contributed by atoms with Gasteiger partial charge in [-0.3, -0.25) is 0 Å². The number of nitrogens with one attached hydrogen (secondary N) is 1. The number of hydrogen-bond donors (Lipinski definition) is 2. The van der Waals surface area contributed by atoms with Gasteiger partial charge in [0, 0.05) is 6.04 Å². The van der Waals surface area contributed by atoms with E-state index in [9.17, 15) is 5.11 Å². The zero-order valence-electron chi connectivity index (χ0n) is 9.96. The second-order valence-corrected chi connectivity index (χ2v) is 5.56. The van der Waals surface area contributed by atoms with Crippen molar-refractivity contribution >= 4 is 0 Å². The zero-order chi connectivity index (χ0) is 11.3. The number of piperidine rings is 1. The highest BCUT2D eigenvalue weighted by atomic mass is 16.3. The van der Waals surface area contributed by atoms with Gasteiger partial charge in [-0.25, -0.2) is 0 Å². The number of benzene rings is 1. The molecule has 1 heterocycles. The molecule has 3 atom stereocenters. The quantitative estimate of drug-likeness (QED) is 0.698. The molecule has 2 N–H and O–H groups in total. The van der Waals surface area contributed by atoms with Crippen LogP contribution in [0.3, 0.4) is 0 Å². The lowest BCUT2D eigenvalue weighted by Gasteiger charge is -2.50. The number of aromatic hydroxyl groups is 1. The second kappa shape index (κ2) is 3.24. The molecule has 1 saturated heterocycles. The maximum Gasteiger partial charge on any atom is 0.115 e. The molecule has 0 amide bonds. The minimum atomic E-state index is 0.238. The second-order valence-electron chi connectivity index (χ2n) is 5.56. The van der Waals surface area contributed by atoms with Gasteiger partial charge in [-0.1, -0.05) is 19.9 Å². The van der Waals surface area contributed by atoms with E-state index < -0.39 is 0 Å². The molecule has 1 aromatic rings. The minimum absolute atomic E-state index is 0.238. The first-order valence-electron chi connectivity index (χ1n) is 6.17. The first-order chi connectivity index (χ1) is 7.61. The van der Waals surface area contributed by atoms with Crippen molar-refractivity contribution in [3.8, 4) is 5.75 Å². The van der Waals surface area contributed by atoms with Crippen molar-refractivity contribution in [2.24, 2.45) is 5.92 Å². The first-order valence-corrected chi connectivity index (χ1v) is 6.17. The molecular formula is C14H19NO. The van der Waals surface area contributed by atoms with Crippen molar-refractivity contribution in [2.45, 2.75) is 38.1 Å². The highest BCUT2D eigenvalue weighted by molar-refractivity contribution is 5.44. The van der Waals surface area contributed by atoms with Gasteiger partial charge in [0.2, 0.25) is 0 Å². The topological polar surface area (TPSA) is 32.3 Å². The summed E-state index contributed by atoms with van der Waals surface area (Å²) in [6.07, 6.45) is 2.27. The fourth-order valence-corrected chi connectivity index (χ4v) is 3.51. The molecule has 1 aromatic carbocycles. The predicted octanol–water partition coefficient (Wildman–Crippen LogP) is 2.20. The third-order valence-corrected chi connectivity index (χ3v) is 4.81. The Bertz CT molecular complexity index is 429. The number of fused-ring (bicyclic) bond motifs is 4. The number of rotatable bonds is 0. The Morgan fingerprint density at radius 3 is 3.06 bits per heavy atom. The molecule has 1 aliphatic heterocycles. The average Bonchev–Trinajstić information content (AvgIpc) is 2.25. The van der Waals surface area contributed by atoms with Crippen LogP contribution in [0.1, 0.15) is 31.4 Å². The fraction of sp³-hybridized carbons (Fsp3) is 0.571. The van der Waals surface area contributed by atoms with Gasteiger partial charge in [-0.2, -0.15) is 0 Å². The third-order valence-electron chi connectivity index (χ3n) is 4.81. The van der Waals surface area contributed by atoms with Crippen molar-refractivity contribution in [1.82, 2.24) is 5.32 Å².